The minimum absolute atomic E-state index is 0.285. The zero-order valence-corrected chi connectivity index (χ0v) is 27.9. The molecule has 0 N–H and O–H groups in total. The van der Waals surface area contributed by atoms with Gasteiger partial charge in [0.1, 0.15) is 0 Å². The Kier molecular flexibility index (Phi) is 17.2. The molecular formula is C36H54O4S2. The van der Waals surface area contributed by atoms with Gasteiger partial charge in [-0.3, -0.25) is 0 Å². The highest BCUT2D eigenvalue weighted by Gasteiger charge is 2.25. The van der Waals surface area contributed by atoms with Gasteiger partial charge in [0.15, 0.2) is 0 Å². The van der Waals surface area contributed by atoms with Gasteiger partial charge in [-0.2, -0.15) is 0 Å². The van der Waals surface area contributed by atoms with Crippen molar-refractivity contribution in [2.75, 3.05) is 13.2 Å². The zero-order chi connectivity index (χ0) is 29.8. The first kappa shape index (κ1) is 34.6. The number of ether oxygens (including phenoxy) is 2. The van der Waals surface area contributed by atoms with E-state index in [4.69, 9.17) is 9.47 Å². The number of carbonyl (C=O) groups is 2. The first-order valence-electron chi connectivity index (χ1n) is 16.9. The molecule has 234 valence electrons. The second-order valence-electron chi connectivity index (χ2n) is 11.7. The lowest BCUT2D eigenvalue weighted by Crippen LogP contribution is -2.11. The summed E-state index contributed by atoms with van der Waals surface area (Å²) in [6.07, 6.45) is 24.9. The number of rotatable bonds is 24. The smallest absolute Gasteiger partial charge is 0.340 e. The normalized spacial score (nSPS) is 11.5. The molecule has 0 atom stereocenters. The Balaban J connectivity index is 1.44. The summed E-state index contributed by atoms with van der Waals surface area (Å²) in [5, 5.41) is 5.50. The van der Waals surface area contributed by atoms with Crippen LogP contribution in [0.4, 0.5) is 0 Å². The van der Waals surface area contributed by atoms with Crippen molar-refractivity contribution in [3.8, 4) is 0 Å². The van der Waals surface area contributed by atoms with E-state index in [-0.39, 0.29) is 11.9 Å². The lowest BCUT2D eigenvalue weighted by molar-refractivity contribution is 0.0490. The van der Waals surface area contributed by atoms with E-state index in [0.717, 1.165) is 45.9 Å². The Morgan fingerprint density at radius 2 is 0.810 bits per heavy atom. The molecule has 0 aliphatic carbocycles. The molecule has 0 aliphatic heterocycles. The Labute approximate surface area is 262 Å². The summed E-state index contributed by atoms with van der Waals surface area (Å²) < 4.78 is 13.1. The third kappa shape index (κ3) is 11.3. The number of unbranched alkanes of at least 4 members (excludes halogenated alkanes) is 18. The van der Waals surface area contributed by atoms with Gasteiger partial charge in [0.2, 0.25) is 0 Å². The number of fused-ring (bicyclic) bond motifs is 2. The molecule has 4 nitrogen and oxygen atoms in total. The Hall–Kier alpha value is -1.92. The highest BCUT2D eigenvalue weighted by atomic mass is 32.1. The predicted octanol–water partition coefficient (Wildman–Crippen LogP) is 12.3. The summed E-state index contributed by atoms with van der Waals surface area (Å²) >= 11 is 2.99. The second kappa shape index (κ2) is 20.9. The summed E-state index contributed by atoms with van der Waals surface area (Å²) in [7, 11) is 0. The largest absolute Gasteiger partial charge is 0.462 e. The Bertz CT molecular complexity index is 1040. The van der Waals surface area contributed by atoms with E-state index in [9.17, 15) is 9.59 Å². The number of esters is 2. The van der Waals surface area contributed by atoms with Crippen LogP contribution in [0.15, 0.2) is 22.9 Å². The molecule has 6 heteroatoms. The van der Waals surface area contributed by atoms with Crippen LogP contribution in [0, 0.1) is 0 Å². The van der Waals surface area contributed by atoms with Gasteiger partial charge in [0.25, 0.3) is 0 Å². The quantitative estimate of drug-likeness (QED) is 0.0744. The third-order valence-corrected chi connectivity index (χ3v) is 10.1. The fraction of sp³-hybridized carbons (Fsp3) is 0.667. The topological polar surface area (TPSA) is 52.6 Å². The maximum Gasteiger partial charge on any atom is 0.340 e. The summed E-state index contributed by atoms with van der Waals surface area (Å²) in [5.74, 6) is -0.570. The van der Waals surface area contributed by atoms with Crippen LogP contribution in [-0.4, -0.2) is 25.2 Å². The van der Waals surface area contributed by atoms with Crippen LogP contribution < -0.4 is 0 Å². The number of carbonyl (C=O) groups excluding carboxylic acids is 2. The molecule has 2 heterocycles. The lowest BCUT2D eigenvalue weighted by atomic mass is 10.0. The average Bonchev–Trinajstić information content (AvgIpc) is 3.67. The fourth-order valence-corrected chi connectivity index (χ4v) is 7.60. The predicted molar refractivity (Wildman–Crippen MR) is 181 cm³/mol. The molecule has 2 aromatic heterocycles. The maximum atomic E-state index is 13.3. The molecule has 0 saturated heterocycles. The van der Waals surface area contributed by atoms with Gasteiger partial charge in [0.05, 0.1) is 33.7 Å². The van der Waals surface area contributed by atoms with Gasteiger partial charge in [-0.15, -0.1) is 22.7 Å². The summed E-state index contributed by atoms with van der Waals surface area (Å²) in [6, 6.07) is 3.88. The van der Waals surface area contributed by atoms with Crippen molar-refractivity contribution >= 4 is 54.8 Å². The van der Waals surface area contributed by atoms with Crippen molar-refractivity contribution in [2.45, 2.75) is 142 Å². The fourth-order valence-electron chi connectivity index (χ4n) is 5.70. The molecule has 0 amide bonds. The summed E-state index contributed by atoms with van der Waals surface area (Å²) in [4.78, 5) is 26.5. The average molecular weight is 615 g/mol. The van der Waals surface area contributed by atoms with Gasteiger partial charge in [-0.1, -0.05) is 129 Å². The SMILES string of the molecule is CCCCCCCCCCCCOC(=O)c1c2ccsc2c(C(=O)OCCCCCCCCCCCC)c2ccsc12. The number of hydrogen-bond donors (Lipinski definition) is 0. The molecule has 1 aromatic carbocycles. The van der Waals surface area contributed by atoms with Gasteiger partial charge in [0, 0.05) is 10.8 Å². The van der Waals surface area contributed by atoms with Gasteiger partial charge in [-0.05, 0) is 35.7 Å². The van der Waals surface area contributed by atoms with E-state index in [1.165, 1.54) is 125 Å². The van der Waals surface area contributed by atoms with Crippen molar-refractivity contribution in [1.82, 2.24) is 0 Å². The standard InChI is InChI=1S/C36H54O4S2/c1-3-5-7-9-11-13-15-17-19-21-25-39-35(37)31-29-23-27-42-34(29)32(30-24-28-41-33(30)31)36(38)40-26-22-20-18-16-14-12-10-8-6-4-2/h23-24,27-28H,3-22,25-26H2,1-2H3. The van der Waals surface area contributed by atoms with Crippen molar-refractivity contribution in [2.24, 2.45) is 0 Å². The second-order valence-corrected chi connectivity index (χ2v) is 13.5. The minimum Gasteiger partial charge on any atom is -0.462 e. The monoisotopic (exact) mass is 614 g/mol. The van der Waals surface area contributed by atoms with Crippen LogP contribution in [0.5, 0.6) is 0 Å². The molecule has 42 heavy (non-hydrogen) atoms. The molecule has 0 unspecified atom stereocenters. The first-order chi connectivity index (χ1) is 20.7. The molecule has 0 bridgehead atoms. The summed E-state index contributed by atoms with van der Waals surface area (Å²) in [5.41, 5.74) is 1.18. The highest BCUT2D eigenvalue weighted by molar-refractivity contribution is 7.19. The van der Waals surface area contributed by atoms with Crippen molar-refractivity contribution in [1.29, 1.82) is 0 Å². The van der Waals surface area contributed by atoms with Crippen molar-refractivity contribution < 1.29 is 19.1 Å². The minimum atomic E-state index is -0.285. The van der Waals surface area contributed by atoms with E-state index in [1.54, 1.807) is 0 Å². The third-order valence-electron chi connectivity index (χ3n) is 8.19. The van der Waals surface area contributed by atoms with Crippen LogP contribution in [0.2, 0.25) is 0 Å². The van der Waals surface area contributed by atoms with E-state index in [2.05, 4.69) is 13.8 Å². The van der Waals surface area contributed by atoms with Gasteiger partial charge < -0.3 is 9.47 Å². The van der Waals surface area contributed by atoms with Crippen molar-refractivity contribution in [3.05, 3.63) is 34.0 Å². The molecule has 3 aromatic rings. The maximum absolute atomic E-state index is 13.3. The number of benzene rings is 1. The number of thiophene rings is 2. The van der Waals surface area contributed by atoms with Crippen LogP contribution in [0.1, 0.15) is 163 Å². The number of hydrogen-bond acceptors (Lipinski definition) is 6. The Morgan fingerprint density at radius 3 is 1.14 bits per heavy atom. The highest BCUT2D eigenvalue weighted by Crippen LogP contribution is 2.39. The van der Waals surface area contributed by atoms with Gasteiger partial charge in [-0.25, -0.2) is 9.59 Å². The van der Waals surface area contributed by atoms with Crippen LogP contribution in [0.3, 0.4) is 0 Å². The molecule has 3 rings (SSSR count). The van der Waals surface area contributed by atoms with Gasteiger partial charge >= 0.3 is 11.9 Å². The molecule has 0 radical (unpaired) electrons. The van der Waals surface area contributed by atoms with Crippen LogP contribution in [0.25, 0.3) is 20.2 Å². The Morgan fingerprint density at radius 1 is 0.500 bits per heavy atom. The van der Waals surface area contributed by atoms with E-state index in [0.29, 0.717) is 24.3 Å². The molecule has 0 fully saturated rings. The van der Waals surface area contributed by atoms with E-state index >= 15 is 0 Å². The lowest BCUT2D eigenvalue weighted by Gasteiger charge is -2.11. The van der Waals surface area contributed by atoms with E-state index in [1.807, 2.05) is 22.9 Å². The van der Waals surface area contributed by atoms with E-state index < -0.39 is 0 Å². The molecular weight excluding hydrogens is 561 g/mol. The first-order valence-corrected chi connectivity index (χ1v) is 18.7. The molecule has 0 aliphatic rings. The summed E-state index contributed by atoms with van der Waals surface area (Å²) in [6.45, 7) is 5.39. The van der Waals surface area contributed by atoms with Crippen LogP contribution >= 0.6 is 22.7 Å². The molecule has 0 saturated carbocycles. The van der Waals surface area contributed by atoms with Crippen molar-refractivity contribution in [3.63, 3.8) is 0 Å². The zero-order valence-electron chi connectivity index (χ0n) is 26.3. The molecule has 0 spiro atoms. The van der Waals surface area contributed by atoms with Crippen LogP contribution in [-0.2, 0) is 9.47 Å².